The van der Waals surface area contributed by atoms with Crippen LogP contribution in [0.3, 0.4) is 0 Å². The monoisotopic (exact) mass is 219 g/mol. The van der Waals surface area contributed by atoms with Gasteiger partial charge in [0.05, 0.1) is 6.61 Å². The normalized spacial score (nSPS) is 16.5. The molecule has 88 valence electrons. The molecule has 1 aromatic carbocycles. The van der Waals surface area contributed by atoms with Crippen LogP contribution in [0.1, 0.15) is 30.0 Å². The first kappa shape index (κ1) is 11.6. The van der Waals surface area contributed by atoms with Gasteiger partial charge in [0.25, 0.3) is 0 Å². The van der Waals surface area contributed by atoms with Gasteiger partial charge in [0.15, 0.2) is 0 Å². The quantitative estimate of drug-likeness (QED) is 0.837. The highest BCUT2D eigenvalue weighted by molar-refractivity contribution is 5.35. The lowest BCUT2D eigenvalue weighted by molar-refractivity contribution is 0.154. The number of rotatable bonds is 4. The van der Waals surface area contributed by atoms with Gasteiger partial charge < -0.3 is 5.11 Å². The van der Waals surface area contributed by atoms with Crippen LogP contribution in [0.5, 0.6) is 0 Å². The standard InChI is InChI=1S/C14H21NO/c1-11(10-16)15(2)9-12-6-7-13-4-3-5-14(13)8-12/h6-8,11,16H,3-5,9-10H2,1-2H3. The first-order valence-electron chi connectivity index (χ1n) is 6.12. The highest BCUT2D eigenvalue weighted by atomic mass is 16.3. The number of aliphatic hydroxyl groups excluding tert-OH is 1. The third kappa shape index (κ3) is 2.45. The van der Waals surface area contributed by atoms with Crippen LogP contribution in [-0.4, -0.2) is 29.7 Å². The van der Waals surface area contributed by atoms with Crippen molar-refractivity contribution in [2.24, 2.45) is 0 Å². The first-order chi connectivity index (χ1) is 7.70. The van der Waals surface area contributed by atoms with Gasteiger partial charge in [-0.2, -0.15) is 0 Å². The zero-order valence-electron chi connectivity index (χ0n) is 10.2. The van der Waals surface area contributed by atoms with Gasteiger partial charge in [-0.3, -0.25) is 4.90 Å². The maximum atomic E-state index is 9.10. The predicted molar refractivity (Wildman–Crippen MR) is 66.5 cm³/mol. The fourth-order valence-corrected chi connectivity index (χ4v) is 2.31. The van der Waals surface area contributed by atoms with Crippen molar-refractivity contribution in [1.82, 2.24) is 4.90 Å². The molecular weight excluding hydrogens is 198 g/mol. The summed E-state index contributed by atoms with van der Waals surface area (Å²) in [6.45, 7) is 3.20. The molecule has 2 rings (SSSR count). The van der Waals surface area contributed by atoms with E-state index < -0.39 is 0 Å². The smallest absolute Gasteiger partial charge is 0.0584 e. The highest BCUT2D eigenvalue weighted by Crippen LogP contribution is 2.23. The maximum absolute atomic E-state index is 9.10. The minimum absolute atomic E-state index is 0.224. The molecule has 0 bridgehead atoms. The Bertz CT molecular complexity index is 362. The van der Waals surface area contributed by atoms with Gasteiger partial charge in [0.1, 0.15) is 0 Å². The lowest BCUT2D eigenvalue weighted by Crippen LogP contribution is -2.31. The molecule has 0 heterocycles. The van der Waals surface area contributed by atoms with Crippen LogP contribution in [0.15, 0.2) is 18.2 Å². The van der Waals surface area contributed by atoms with E-state index in [1.807, 2.05) is 6.92 Å². The molecular formula is C14H21NO. The molecule has 2 heteroatoms. The van der Waals surface area contributed by atoms with E-state index >= 15 is 0 Å². The van der Waals surface area contributed by atoms with Crippen molar-refractivity contribution in [3.05, 3.63) is 34.9 Å². The molecule has 1 aromatic rings. The number of fused-ring (bicyclic) bond motifs is 1. The maximum Gasteiger partial charge on any atom is 0.0584 e. The van der Waals surface area contributed by atoms with Crippen LogP contribution in [-0.2, 0) is 19.4 Å². The Balaban J connectivity index is 2.05. The molecule has 1 aliphatic carbocycles. The Labute approximate surface area is 97.9 Å². The van der Waals surface area contributed by atoms with E-state index in [4.69, 9.17) is 5.11 Å². The summed E-state index contributed by atoms with van der Waals surface area (Å²) in [7, 11) is 2.06. The molecule has 2 nitrogen and oxygen atoms in total. The number of benzene rings is 1. The zero-order chi connectivity index (χ0) is 11.5. The van der Waals surface area contributed by atoms with E-state index in [0.29, 0.717) is 0 Å². The highest BCUT2D eigenvalue weighted by Gasteiger charge is 2.13. The van der Waals surface area contributed by atoms with E-state index in [-0.39, 0.29) is 12.6 Å². The second-order valence-electron chi connectivity index (χ2n) is 4.90. The van der Waals surface area contributed by atoms with E-state index in [1.54, 1.807) is 0 Å². The van der Waals surface area contributed by atoms with Gasteiger partial charge >= 0.3 is 0 Å². The molecule has 1 aliphatic rings. The molecule has 1 atom stereocenters. The van der Waals surface area contributed by atoms with Crippen LogP contribution in [0.25, 0.3) is 0 Å². The van der Waals surface area contributed by atoms with Gasteiger partial charge in [0, 0.05) is 12.6 Å². The molecule has 0 fully saturated rings. The molecule has 0 radical (unpaired) electrons. The summed E-state index contributed by atoms with van der Waals surface area (Å²) in [6, 6.07) is 7.07. The number of aryl methyl sites for hydroxylation is 2. The number of hydrogen-bond acceptors (Lipinski definition) is 2. The van der Waals surface area contributed by atoms with Crippen molar-refractivity contribution in [2.75, 3.05) is 13.7 Å². The molecule has 0 aliphatic heterocycles. The van der Waals surface area contributed by atoms with Crippen molar-refractivity contribution in [3.63, 3.8) is 0 Å². The first-order valence-corrected chi connectivity index (χ1v) is 6.12. The summed E-state index contributed by atoms with van der Waals surface area (Å²) in [6.07, 6.45) is 3.79. The van der Waals surface area contributed by atoms with Gasteiger partial charge in [-0.1, -0.05) is 18.2 Å². The summed E-state index contributed by atoms with van der Waals surface area (Å²) >= 11 is 0. The Morgan fingerprint density at radius 1 is 1.31 bits per heavy atom. The average Bonchev–Trinajstić information content (AvgIpc) is 2.75. The Morgan fingerprint density at radius 2 is 2.06 bits per heavy atom. The number of likely N-dealkylation sites (N-methyl/N-ethyl adjacent to an activating group) is 1. The Kier molecular flexibility index (Phi) is 3.62. The van der Waals surface area contributed by atoms with Crippen molar-refractivity contribution >= 4 is 0 Å². The van der Waals surface area contributed by atoms with Crippen LogP contribution >= 0.6 is 0 Å². The van der Waals surface area contributed by atoms with E-state index in [9.17, 15) is 0 Å². The molecule has 0 amide bonds. The largest absolute Gasteiger partial charge is 0.395 e. The zero-order valence-corrected chi connectivity index (χ0v) is 10.2. The number of hydrogen-bond donors (Lipinski definition) is 1. The minimum Gasteiger partial charge on any atom is -0.395 e. The average molecular weight is 219 g/mol. The fraction of sp³-hybridized carbons (Fsp3) is 0.571. The third-order valence-corrected chi connectivity index (χ3v) is 3.61. The van der Waals surface area contributed by atoms with E-state index in [0.717, 1.165) is 6.54 Å². The van der Waals surface area contributed by atoms with Gasteiger partial charge in [-0.05, 0) is 49.9 Å². The summed E-state index contributed by atoms with van der Waals surface area (Å²) in [5, 5.41) is 9.10. The van der Waals surface area contributed by atoms with E-state index in [2.05, 4.69) is 30.1 Å². The number of aliphatic hydroxyl groups is 1. The van der Waals surface area contributed by atoms with Gasteiger partial charge in [0.2, 0.25) is 0 Å². The van der Waals surface area contributed by atoms with Crippen LogP contribution in [0.2, 0.25) is 0 Å². The SMILES string of the molecule is CC(CO)N(C)Cc1ccc2c(c1)CCC2. The molecule has 1 N–H and O–H groups in total. The molecule has 1 unspecified atom stereocenters. The van der Waals surface area contributed by atoms with Crippen molar-refractivity contribution in [1.29, 1.82) is 0 Å². The van der Waals surface area contributed by atoms with Crippen LogP contribution < -0.4 is 0 Å². The Hall–Kier alpha value is -0.860. The lowest BCUT2D eigenvalue weighted by atomic mass is 10.1. The van der Waals surface area contributed by atoms with Crippen molar-refractivity contribution in [2.45, 2.75) is 38.8 Å². The fourth-order valence-electron chi connectivity index (χ4n) is 2.31. The lowest BCUT2D eigenvalue weighted by Gasteiger charge is -2.23. The summed E-state index contributed by atoms with van der Waals surface area (Å²) in [5.41, 5.74) is 4.42. The number of nitrogens with zero attached hydrogens (tertiary/aromatic N) is 1. The second kappa shape index (κ2) is 4.98. The Morgan fingerprint density at radius 3 is 2.81 bits per heavy atom. The minimum atomic E-state index is 0.224. The molecule has 0 saturated carbocycles. The predicted octanol–water partition coefficient (Wildman–Crippen LogP) is 1.99. The van der Waals surface area contributed by atoms with E-state index in [1.165, 1.54) is 36.0 Å². The van der Waals surface area contributed by atoms with Gasteiger partial charge in [-0.15, -0.1) is 0 Å². The van der Waals surface area contributed by atoms with Gasteiger partial charge in [-0.25, -0.2) is 0 Å². The molecule has 0 spiro atoms. The van der Waals surface area contributed by atoms with Crippen molar-refractivity contribution < 1.29 is 5.11 Å². The van der Waals surface area contributed by atoms with Crippen LogP contribution in [0, 0.1) is 0 Å². The van der Waals surface area contributed by atoms with Crippen LogP contribution in [0.4, 0.5) is 0 Å². The molecule has 0 aromatic heterocycles. The summed E-state index contributed by atoms with van der Waals surface area (Å²) in [4.78, 5) is 2.19. The third-order valence-electron chi connectivity index (χ3n) is 3.61. The van der Waals surface area contributed by atoms with Crippen molar-refractivity contribution in [3.8, 4) is 0 Å². The second-order valence-corrected chi connectivity index (χ2v) is 4.90. The molecule has 0 saturated heterocycles. The summed E-state index contributed by atoms with van der Waals surface area (Å²) < 4.78 is 0. The summed E-state index contributed by atoms with van der Waals surface area (Å²) in [5.74, 6) is 0. The topological polar surface area (TPSA) is 23.5 Å². The molecule has 16 heavy (non-hydrogen) atoms.